The molecule has 1 aliphatic rings. The van der Waals surface area contributed by atoms with E-state index < -0.39 is 0 Å². The second kappa shape index (κ2) is 6.34. The summed E-state index contributed by atoms with van der Waals surface area (Å²) in [6, 6.07) is 12.5. The van der Waals surface area contributed by atoms with E-state index in [1.807, 2.05) is 26.0 Å². The summed E-state index contributed by atoms with van der Waals surface area (Å²) < 4.78 is 1.09. The van der Waals surface area contributed by atoms with Gasteiger partial charge in [0.15, 0.2) is 0 Å². The fraction of sp³-hybridized carbons (Fsp3) is 0.286. The van der Waals surface area contributed by atoms with Crippen molar-refractivity contribution in [1.29, 1.82) is 0 Å². The van der Waals surface area contributed by atoms with Crippen molar-refractivity contribution in [2.24, 2.45) is 0 Å². The van der Waals surface area contributed by atoms with Gasteiger partial charge in [-0.25, -0.2) is 0 Å². The Bertz CT molecular complexity index is 953. The van der Waals surface area contributed by atoms with Gasteiger partial charge < -0.3 is 10.3 Å². The minimum Gasteiger partial charge on any atom is -0.358 e. The molecule has 1 heterocycles. The van der Waals surface area contributed by atoms with Gasteiger partial charge in [0.05, 0.1) is 0 Å². The standard InChI is InChI=1S/C21H21BrN2O/c1-12-7-13(2)9-14(8-12)21(25)23-16-4-6-20-18(11-16)17-10-15(22)3-5-19(17)24-20/h3,5,7-10,16,24H,4,6,11H2,1-2H3,(H,23,25). The number of amides is 1. The van der Waals surface area contributed by atoms with E-state index in [2.05, 4.69) is 50.5 Å². The molecular weight excluding hydrogens is 376 g/mol. The quantitative estimate of drug-likeness (QED) is 0.639. The zero-order chi connectivity index (χ0) is 17.6. The third kappa shape index (κ3) is 3.23. The summed E-state index contributed by atoms with van der Waals surface area (Å²) in [6.45, 7) is 4.06. The number of rotatable bonds is 2. The number of aromatic amines is 1. The molecule has 0 bridgehead atoms. The lowest BCUT2D eigenvalue weighted by Crippen LogP contribution is -2.38. The Kier molecular flexibility index (Phi) is 4.16. The Balaban J connectivity index is 1.57. The Labute approximate surface area is 156 Å². The first-order chi connectivity index (χ1) is 12.0. The third-order valence-corrected chi connectivity index (χ3v) is 5.46. The van der Waals surface area contributed by atoms with Crippen molar-refractivity contribution in [2.75, 3.05) is 0 Å². The molecule has 1 unspecified atom stereocenters. The zero-order valence-electron chi connectivity index (χ0n) is 14.4. The Hall–Kier alpha value is -2.07. The molecule has 4 heteroatoms. The number of halogens is 1. The van der Waals surface area contributed by atoms with Crippen LogP contribution in [0, 0.1) is 13.8 Å². The topological polar surface area (TPSA) is 44.9 Å². The highest BCUT2D eigenvalue weighted by molar-refractivity contribution is 9.10. The largest absolute Gasteiger partial charge is 0.358 e. The molecule has 3 nitrogen and oxygen atoms in total. The minimum atomic E-state index is 0.0290. The number of fused-ring (bicyclic) bond motifs is 3. The van der Waals surface area contributed by atoms with Crippen molar-refractivity contribution in [3.8, 4) is 0 Å². The minimum absolute atomic E-state index is 0.0290. The lowest BCUT2D eigenvalue weighted by atomic mass is 9.91. The van der Waals surface area contributed by atoms with Crippen LogP contribution >= 0.6 is 15.9 Å². The summed E-state index contributed by atoms with van der Waals surface area (Å²) in [4.78, 5) is 16.2. The Morgan fingerprint density at radius 3 is 2.68 bits per heavy atom. The van der Waals surface area contributed by atoms with Crippen LogP contribution in [0.5, 0.6) is 0 Å². The molecule has 128 valence electrons. The van der Waals surface area contributed by atoms with Crippen molar-refractivity contribution < 1.29 is 4.79 Å². The molecule has 0 aliphatic heterocycles. The maximum absolute atomic E-state index is 12.7. The van der Waals surface area contributed by atoms with E-state index in [-0.39, 0.29) is 11.9 Å². The number of nitrogens with one attached hydrogen (secondary N) is 2. The van der Waals surface area contributed by atoms with Gasteiger partial charge in [-0.05, 0) is 69.0 Å². The number of aryl methyl sites for hydroxylation is 3. The van der Waals surface area contributed by atoms with Gasteiger partial charge in [0.1, 0.15) is 0 Å². The summed E-state index contributed by atoms with van der Waals surface area (Å²) >= 11 is 3.56. The lowest BCUT2D eigenvalue weighted by molar-refractivity contribution is 0.0933. The summed E-state index contributed by atoms with van der Waals surface area (Å²) in [5.74, 6) is 0.0290. The van der Waals surface area contributed by atoms with E-state index in [9.17, 15) is 4.79 Å². The smallest absolute Gasteiger partial charge is 0.251 e. The fourth-order valence-corrected chi connectivity index (χ4v) is 4.25. The zero-order valence-corrected chi connectivity index (χ0v) is 16.0. The van der Waals surface area contributed by atoms with E-state index in [0.29, 0.717) is 0 Å². The van der Waals surface area contributed by atoms with Crippen molar-refractivity contribution >= 4 is 32.7 Å². The molecule has 0 radical (unpaired) electrons. The monoisotopic (exact) mass is 396 g/mol. The summed E-state index contributed by atoms with van der Waals surface area (Å²) in [5, 5.41) is 4.49. The van der Waals surface area contributed by atoms with Gasteiger partial charge in [0.25, 0.3) is 5.91 Å². The predicted molar refractivity (Wildman–Crippen MR) is 105 cm³/mol. The number of carbonyl (C=O) groups is 1. The highest BCUT2D eigenvalue weighted by atomic mass is 79.9. The van der Waals surface area contributed by atoms with Gasteiger partial charge in [-0.15, -0.1) is 0 Å². The van der Waals surface area contributed by atoms with Crippen LogP contribution in [0.1, 0.15) is 39.2 Å². The molecule has 0 saturated carbocycles. The molecule has 1 atom stereocenters. The first kappa shape index (κ1) is 16.4. The number of carbonyl (C=O) groups excluding carboxylic acids is 1. The van der Waals surface area contributed by atoms with E-state index in [1.54, 1.807) is 0 Å². The van der Waals surface area contributed by atoms with Crippen LogP contribution in [-0.4, -0.2) is 16.9 Å². The number of H-pyrrole nitrogens is 1. The molecule has 0 spiro atoms. The third-order valence-electron chi connectivity index (χ3n) is 4.97. The van der Waals surface area contributed by atoms with E-state index in [1.165, 1.54) is 22.2 Å². The molecule has 1 amide bonds. The molecule has 2 N–H and O–H groups in total. The van der Waals surface area contributed by atoms with Gasteiger partial charge in [0, 0.05) is 32.7 Å². The first-order valence-corrected chi connectivity index (χ1v) is 9.47. The summed E-state index contributed by atoms with van der Waals surface area (Å²) in [6.07, 6.45) is 2.82. The molecule has 0 saturated heterocycles. The Morgan fingerprint density at radius 2 is 1.92 bits per heavy atom. The number of benzene rings is 2. The molecule has 4 rings (SSSR count). The average Bonchev–Trinajstić information content (AvgIpc) is 2.91. The maximum atomic E-state index is 12.7. The molecular formula is C21H21BrN2O. The molecule has 25 heavy (non-hydrogen) atoms. The fourth-order valence-electron chi connectivity index (χ4n) is 3.89. The normalized spacial score (nSPS) is 16.7. The SMILES string of the molecule is Cc1cc(C)cc(C(=O)NC2CCc3[nH]c4ccc(Br)cc4c3C2)c1. The van der Waals surface area contributed by atoms with Crippen LogP contribution in [0.25, 0.3) is 10.9 Å². The highest BCUT2D eigenvalue weighted by Crippen LogP contribution is 2.31. The van der Waals surface area contributed by atoms with Crippen LogP contribution < -0.4 is 5.32 Å². The molecule has 1 aromatic heterocycles. The molecule has 0 fully saturated rings. The number of hydrogen-bond acceptors (Lipinski definition) is 1. The molecule has 3 aromatic rings. The average molecular weight is 397 g/mol. The van der Waals surface area contributed by atoms with Gasteiger partial charge in [-0.3, -0.25) is 4.79 Å². The van der Waals surface area contributed by atoms with Gasteiger partial charge >= 0.3 is 0 Å². The maximum Gasteiger partial charge on any atom is 0.251 e. The second-order valence-electron chi connectivity index (χ2n) is 7.06. The van der Waals surface area contributed by atoms with Crippen LogP contribution in [0.2, 0.25) is 0 Å². The molecule has 1 aliphatic carbocycles. The number of aromatic nitrogens is 1. The lowest BCUT2D eigenvalue weighted by Gasteiger charge is -2.24. The van der Waals surface area contributed by atoms with Crippen molar-refractivity contribution in [3.63, 3.8) is 0 Å². The Morgan fingerprint density at radius 1 is 1.16 bits per heavy atom. The van der Waals surface area contributed by atoms with E-state index in [0.717, 1.165) is 40.4 Å². The van der Waals surface area contributed by atoms with Crippen molar-refractivity contribution in [3.05, 3.63) is 68.8 Å². The first-order valence-electron chi connectivity index (χ1n) is 8.68. The predicted octanol–water partition coefficient (Wildman–Crippen LogP) is 4.83. The van der Waals surface area contributed by atoms with Gasteiger partial charge in [-0.1, -0.05) is 33.1 Å². The second-order valence-corrected chi connectivity index (χ2v) is 7.98. The van der Waals surface area contributed by atoms with E-state index >= 15 is 0 Å². The van der Waals surface area contributed by atoms with E-state index in [4.69, 9.17) is 0 Å². The van der Waals surface area contributed by atoms with Crippen molar-refractivity contribution in [1.82, 2.24) is 10.3 Å². The summed E-state index contributed by atoms with van der Waals surface area (Å²) in [7, 11) is 0. The van der Waals surface area contributed by atoms with Crippen LogP contribution in [-0.2, 0) is 12.8 Å². The highest BCUT2D eigenvalue weighted by Gasteiger charge is 2.24. The molecule has 2 aromatic carbocycles. The summed E-state index contributed by atoms with van der Waals surface area (Å²) in [5.41, 5.74) is 6.83. The van der Waals surface area contributed by atoms with Gasteiger partial charge in [0.2, 0.25) is 0 Å². The van der Waals surface area contributed by atoms with Crippen LogP contribution in [0.4, 0.5) is 0 Å². The van der Waals surface area contributed by atoms with Crippen molar-refractivity contribution in [2.45, 2.75) is 39.2 Å². The van der Waals surface area contributed by atoms with Gasteiger partial charge in [-0.2, -0.15) is 0 Å². The number of hydrogen-bond donors (Lipinski definition) is 2. The van der Waals surface area contributed by atoms with Crippen LogP contribution in [0.15, 0.2) is 40.9 Å². The van der Waals surface area contributed by atoms with Crippen LogP contribution in [0.3, 0.4) is 0 Å².